The van der Waals surface area contributed by atoms with Gasteiger partial charge in [0.15, 0.2) is 0 Å². The Balaban J connectivity index is 0.000000381. The third kappa shape index (κ3) is 9.51. The molecule has 1 aliphatic rings. The standard InChI is InChI=1S/C9H20N2.C7H7F2N.C2H6/c1-3-5-11-8-6-10(4-2)7-9-11;1-10-7-3-5(8)2-6(9)4-7;1-2/h3-9H2,1-2H3;2-4,10H,1H3;1-2H3. The SMILES string of the molecule is CC.CCCN1CCN(CC)CC1.CNc1cc(F)cc(F)c1. The van der Waals surface area contributed by atoms with Gasteiger partial charge in [-0.2, -0.15) is 0 Å². The van der Waals surface area contributed by atoms with E-state index in [2.05, 4.69) is 29.0 Å². The first-order chi connectivity index (χ1) is 11.1. The molecule has 1 N–H and O–H groups in total. The molecule has 5 heteroatoms. The van der Waals surface area contributed by atoms with Gasteiger partial charge in [-0.3, -0.25) is 0 Å². The van der Waals surface area contributed by atoms with E-state index < -0.39 is 11.6 Å². The van der Waals surface area contributed by atoms with Gasteiger partial charge in [0.25, 0.3) is 0 Å². The number of nitrogens with zero attached hydrogens (tertiary/aromatic N) is 2. The van der Waals surface area contributed by atoms with Crippen LogP contribution in [-0.4, -0.2) is 56.1 Å². The van der Waals surface area contributed by atoms with Gasteiger partial charge in [0.2, 0.25) is 0 Å². The number of piperazine rings is 1. The van der Waals surface area contributed by atoms with Crippen molar-refractivity contribution in [3.8, 4) is 0 Å². The molecule has 3 nitrogen and oxygen atoms in total. The fourth-order valence-corrected chi connectivity index (χ4v) is 2.34. The highest BCUT2D eigenvalue weighted by atomic mass is 19.1. The minimum atomic E-state index is -0.565. The van der Waals surface area contributed by atoms with Crippen LogP contribution < -0.4 is 5.32 Å². The number of anilines is 1. The van der Waals surface area contributed by atoms with Crippen LogP contribution in [0.2, 0.25) is 0 Å². The number of rotatable bonds is 4. The van der Waals surface area contributed by atoms with Crippen molar-refractivity contribution < 1.29 is 8.78 Å². The molecule has 0 saturated carbocycles. The predicted molar refractivity (Wildman–Crippen MR) is 96.1 cm³/mol. The van der Waals surface area contributed by atoms with Crippen LogP contribution >= 0.6 is 0 Å². The number of benzene rings is 1. The average molecular weight is 329 g/mol. The van der Waals surface area contributed by atoms with Crippen LogP contribution in [0.3, 0.4) is 0 Å². The maximum Gasteiger partial charge on any atom is 0.128 e. The van der Waals surface area contributed by atoms with Gasteiger partial charge in [0, 0.05) is 45.0 Å². The van der Waals surface area contributed by atoms with Gasteiger partial charge >= 0.3 is 0 Å². The number of halogens is 2. The zero-order chi connectivity index (χ0) is 17.7. The van der Waals surface area contributed by atoms with Crippen molar-refractivity contribution in [2.45, 2.75) is 34.1 Å². The quantitative estimate of drug-likeness (QED) is 0.898. The Morgan fingerprint density at radius 2 is 1.39 bits per heavy atom. The predicted octanol–water partition coefficient (Wildman–Crippen LogP) is 4.07. The van der Waals surface area contributed by atoms with Gasteiger partial charge in [-0.05, 0) is 31.6 Å². The van der Waals surface area contributed by atoms with Crippen LogP contribution in [0.4, 0.5) is 14.5 Å². The van der Waals surface area contributed by atoms with Crippen molar-refractivity contribution in [3.05, 3.63) is 29.8 Å². The summed E-state index contributed by atoms with van der Waals surface area (Å²) < 4.78 is 24.7. The Bertz CT molecular complexity index is 385. The molecule has 0 aromatic heterocycles. The van der Waals surface area contributed by atoms with Crippen molar-refractivity contribution in [3.63, 3.8) is 0 Å². The van der Waals surface area contributed by atoms with E-state index in [1.807, 2.05) is 13.8 Å². The van der Waals surface area contributed by atoms with Gasteiger partial charge in [0.1, 0.15) is 11.6 Å². The summed E-state index contributed by atoms with van der Waals surface area (Å²) in [6, 6.07) is 3.28. The molecule has 1 aromatic rings. The summed E-state index contributed by atoms with van der Waals surface area (Å²) >= 11 is 0. The first kappa shape index (κ1) is 21.8. The van der Waals surface area contributed by atoms with Crippen LogP contribution in [-0.2, 0) is 0 Å². The third-order valence-electron chi connectivity index (χ3n) is 3.60. The summed E-state index contributed by atoms with van der Waals surface area (Å²) in [5, 5.41) is 2.63. The molecule has 1 aliphatic heterocycles. The van der Waals surface area contributed by atoms with Crippen molar-refractivity contribution in [2.75, 3.05) is 51.6 Å². The van der Waals surface area contributed by atoms with E-state index in [1.165, 1.54) is 57.8 Å². The van der Waals surface area contributed by atoms with Crippen LogP contribution in [0.25, 0.3) is 0 Å². The van der Waals surface area contributed by atoms with E-state index in [0.29, 0.717) is 5.69 Å². The Hall–Kier alpha value is -1.20. The molecule has 0 bridgehead atoms. The summed E-state index contributed by atoms with van der Waals surface area (Å²) in [7, 11) is 1.61. The van der Waals surface area contributed by atoms with Gasteiger partial charge < -0.3 is 15.1 Å². The Kier molecular flexibility index (Phi) is 12.6. The highest BCUT2D eigenvalue weighted by Crippen LogP contribution is 2.11. The molecular formula is C18H33F2N3. The summed E-state index contributed by atoms with van der Waals surface area (Å²) in [6.07, 6.45) is 1.30. The topological polar surface area (TPSA) is 18.5 Å². The molecule has 0 spiro atoms. The average Bonchev–Trinajstić information content (AvgIpc) is 2.57. The molecule has 1 saturated heterocycles. The number of likely N-dealkylation sites (N-methyl/N-ethyl adjacent to an activating group) is 1. The lowest BCUT2D eigenvalue weighted by molar-refractivity contribution is 0.137. The number of hydrogen-bond acceptors (Lipinski definition) is 3. The van der Waals surface area contributed by atoms with Crippen molar-refractivity contribution in [2.24, 2.45) is 0 Å². The second-order valence-corrected chi connectivity index (χ2v) is 5.18. The highest BCUT2D eigenvalue weighted by Gasteiger charge is 2.13. The van der Waals surface area contributed by atoms with Crippen LogP contribution in [0.1, 0.15) is 34.1 Å². The molecule has 0 atom stereocenters. The maximum atomic E-state index is 12.3. The van der Waals surface area contributed by atoms with Crippen molar-refractivity contribution in [1.82, 2.24) is 9.80 Å². The zero-order valence-electron chi connectivity index (χ0n) is 15.3. The second-order valence-electron chi connectivity index (χ2n) is 5.18. The molecule has 2 rings (SSSR count). The number of nitrogens with one attached hydrogen (secondary N) is 1. The van der Waals surface area contributed by atoms with Gasteiger partial charge in [-0.25, -0.2) is 8.78 Å². The summed E-state index contributed by atoms with van der Waals surface area (Å²) in [4.78, 5) is 5.08. The van der Waals surface area contributed by atoms with E-state index in [9.17, 15) is 8.78 Å². The van der Waals surface area contributed by atoms with Crippen molar-refractivity contribution >= 4 is 5.69 Å². The second kappa shape index (κ2) is 13.3. The first-order valence-corrected chi connectivity index (χ1v) is 8.67. The lowest BCUT2D eigenvalue weighted by atomic mass is 10.3. The minimum Gasteiger partial charge on any atom is -0.388 e. The molecule has 0 amide bonds. The Morgan fingerprint density at radius 1 is 0.913 bits per heavy atom. The molecule has 1 heterocycles. The van der Waals surface area contributed by atoms with Crippen LogP contribution in [0.15, 0.2) is 18.2 Å². The fourth-order valence-electron chi connectivity index (χ4n) is 2.34. The maximum absolute atomic E-state index is 12.3. The summed E-state index contributed by atoms with van der Waals surface area (Å²) in [6.45, 7) is 16.1. The highest BCUT2D eigenvalue weighted by molar-refractivity contribution is 5.42. The smallest absolute Gasteiger partial charge is 0.128 e. The molecule has 23 heavy (non-hydrogen) atoms. The Morgan fingerprint density at radius 3 is 1.78 bits per heavy atom. The lowest BCUT2D eigenvalue weighted by Gasteiger charge is -2.33. The number of hydrogen-bond donors (Lipinski definition) is 1. The first-order valence-electron chi connectivity index (χ1n) is 8.67. The lowest BCUT2D eigenvalue weighted by Crippen LogP contribution is -2.46. The van der Waals surface area contributed by atoms with E-state index >= 15 is 0 Å². The van der Waals surface area contributed by atoms with E-state index in [-0.39, 0.29) is 0 Å². The largest absolute Gasteiger partial charge is 0.388 e. The molecule has 0 radical (unpaired) electrons. The molecule has 0 aliphatic carbocycles. The van der Waals surface area contributed by atoms with E-state index in [0.717, 1.165) is 6.07 Å². The normalized spacial score (nSPS) is 15.1. The van der Waals surface area contributed by atoms with Crippen LogP contribution in [0, 0.1) is 11.6 Å². The van der Waals surface area contributed by atoms with E-state index in [1.54, 1.807) is 7.05 Å². The van der Waals surface area contributed by atoms with Gasteiger partial charge in [-0.1, -0.05) is 27.7 Å². The Labute approximate surface area is 140 Å². The van der Waals surface area contributed by atoms with Crippen LogP contribution in [0.5, 0.6) is 0 Å². The fraction of sp³-hybridized carbons (Fsp3) is 0.667. The zero-order valence-corrected chi connectivity index (χ0v) is 15.3. The molecule has 134 valence electrons. The molecule has 1 aromatic carbocycles. The minimum absolute atomic E-state index is 0.442. The molecular weight excluding hydrogens is 296 g/mol. The summed E-state index contributed by atoms with van der Waals surface area (Å²) in [5.41, 5.74) is 0.442. The summed E-state index contributed by atoms with van der Waals surface area (Å²) in [5.74, 6) is -1.13. The molecule has 0 unspecified atom stereocenters. The van der Waals surface area contributed by atoms with Crippen molar-refractivity contribution in [1.29, 1.82) is 0 Å². The monoisotopic (exact) mass is 329 g/mol. The van der Waals surface area contributed by atoms with Gasteiger partial charge in [0.05, 0.1) is 0 Å². The molecule has 1 fully saturated rings. The van der Waals surface area contributed by atoms with E-state index in [4.69, 9.17) is 0 Å². The van der Waals surface area contributed by atoms with Gasteiger partial charge in [-0.15, -0.1) is 0 Å². The third-order valence-corrected chi connectivity index (χ3v) is 3.60.